The normalized spacial score (nSPS) is 20.3. The molecule has 24 heavy (non-hydrogen) atoms. The van der Waals surface area contributed by atoms with Gasteiger partial charge in [0.05, 0.1) is 17.8 Å². The van der Waals surface area contributed by atoms with Crippen molar-refractivity contribution in [3.63, 3.8) is 0 Å². The SMILES string of the molecule is CCCc1ccc(NC[C@H]2C[C@@H](OC)CN2c2ccncn2)nn1. The molecule has 7 nitrogen and oxygen atoms in total. The molecule has 1 aliphatic rings. The number of rotatable bonds is 7. The van der Waals surface area contributed by atoms with E-state index in [0.29, 0.717) is 6.04 Å². The van der Waals surface area contributed by atoms with Gasteiger partial charge in [0, 0.05) is 26.4 Å². The zero-order valence-electron chi connectivity index (χ0n) is 14.2. The van der Waals surface area contributed by atoms with Gasteiger partial charge in [-0.25, -0.2) is 9.97 Å². The van der Waals surface area contributed by atoms with Crippen LogP contribution in [0.3, 0.4) is 0 Å². The quantitative estimate of drug-likeness (QED) is 0.832. The Morgan fingerprint density at radius 3 is 2.88 bits per heavy atom. The maximum atomic E-state index is 5.55. The molecular weight excluding hydrogens is 304 g/mol. The Morgan fingerprint density at radius 1 is 1.29 bits per heavy atom. The Labute approximate surface area is 142 Å². The van der Waals surface area contributed by atoms with E-state index in [0.717, 1.165) is 49.7 Å². The number of hydrogen-bond acceptors (Lipinski definition) is 7. The number of ether oxygens (including phenoxy) is 1. The Kier molecular flexibility index (Phi) is 5.53. The third-order valence-electron chi connectivity index (χ3n) is 4.31. The first-order valence-corrected chi connectivity index (χ1v) is 8.42. The smallest absolute Gasteiger partial charge is 0.148 e. The average molecular weight is 328 g/mol. The minimum absolute atomic E-state index is 0.213. The lowest BCUT2D eigenvalue weighted by atomic mass is 10.2. The maximum Gasteiger partial charge on any atom is 0.148 e. The molecule has 3 rings (SSSR count). The van der Waals surface area contributed by atoms with Gasteiger partial charge in [0.2, 0.25) is 0 Å². The first-order chi connectivity index (χ1) is 11.8. The summed E-state index contributed by atoms with van der Waals surface area (Å²) in [5.74, 6) is 1.74. The molecule has 3 heterocycles. The average Bonchev–Trinajstić information content (AvgIpc) is 3.05. The molecule has 1 aliphatic heterocycles. The van der Waals surface area contributed by atoms with Crippen molar-refractivity contribution in [1.82, 2.24) is 20.2 Å². The summed E-state index contributed by atoms with van der Waals surface area (Å²) in [5.41, 5.74) is 1.03. The molecule has 0 aliphatic carbocycles. The van der Waals surface area contributed by atoms with E-state index < -0.39 is 0 Å². The fourth-order valence-electron chi connectivity index (χ4n) is 3.04. The number of nitrogens with zero attached hydrogens (tertiary/aromatic N) is 5. The summed E-state index contributed by atoms with van der Waals surface area (Å²) in [6.07, 6.45) is 6.56. The highest BCUT2D eigenvalue weighted by Gasteiger charge is 2.32. The van der Waals surface area contributed by atoms with Gasteiger partial charge in [0.1, 0.15) is 18.0 Å². The van der Waals surface area contributed by atoms with Crippen molar-refractivity contribution in [2.75, 3.05) is 30.4 Å². The van der Waals surface area contributed by atoms with Crippen LogP contribution in [0, 0.1) is 0 Å². The van der Waals surface area contributed by atoms with Gasteiger partial charge in [-0.3, -0.25) is 0 Å². The van der Waals surface area contributed by atoms with Crippen molar-refractivity contribution in [3.05, 3.63) is 36.4 Å². The summed E-state index contributed by atoms with van der Waals surface area (Å²) in [5, 5.41) is 11.9. The molecule has 0 radical (unpaired) electrons. The van der Waals surface area contributed by atoms with Crippen molar-refractivity contribution in [3.8, 4) is 0 Å². The van der Waals surface area contributed by atoms with Crippen LogP contribution >= 0.6 is 0 Å². The van der Waals surface area contributed by atoms with Gasteiger partial charge in [-0.2, -0.15) is 5.10 Å². The standard InChI is InChI=1S/C17H24N6O/c1-3-4-13-5-6-16(22-21-13)19-10-14-9-15(24-2)11-23(14)17-7-8-18-12-20-17/h5-8,12,14-15H,3-4,9-11H2,1-2H3,(H,19,22)/t14-,15-/m1/s1. The van der Waals surface area contributed by atoms with E-state index in [1.165, 1.54) is 0 Å². The summed E-state index contributed by atoms with van der Waals surface area (Å²) in [7, 11) is 1.76. The predicted molar refractivity (Wildman–Crippen MR) is 93.1 cm³/mol. The second kappa shape index (κ2) is 8.01. The first kappa shape index (κ1) is 16.6. The van der Waals surface area contributed by atoms with Crippen LogP contribution in [0.4, 0.5) is 11.6 Å². The number of aryl methyl sites for hydroxylation is 1. The third-order valence-corrected chi connectivity index (χ3v) is 4.31. The number of aromatic nitrogens is 4. The van der Waals surface area contributed by atoms with E-state index in [9.17, 15) is 0 Å². The van der Waals surface area contributed by atoms with Crippen molar-refractivity contribution in [1.29, 1.82) is 0 Å². The summed E-state index contributed by atoms with van der Waals surface area (Å²) in [6, 6.07) is 6.26. The molecular formula is C17H24N6O. The van der Waals surface area contributed by atoms with Crippen molar-refractivity contribution >= 4 is 11.6 Å². The van der Waals surface area contributed by atoms with Crippen molar-refractivity contribution in [2.45, 2.75) is 38.3 Å². The Bertz CT molecular complexity index is 621. The fraction of sp³-hybridized carbons (Fsp3) is 0.529. The lowest BCUT2D eigenvalue weighted by Gasteiger charge is -2.25. The topological polar surface area (TPSA) is 76.1 Å². The second-order valence-corrected chi connectivity index (χ2v) is 6.01. The van der Waals surface area contributed by atoms with Gasteiger partial charge in [0.25, 0.3) is 0 Å². The molecule has 1 N–H and O–H groups in total. The molecule has 0 amide bonds. The lowest BCUT2D eigenvalue weighted by molar-refractivity contribution is 0.118. The summed E-state index contributed by atoms with van der Waals surface area (Å²) in [4.78, 5) is 10.6. The van der Waals surface area contributed by atoms with Crippen LogP contribution in [0.5, 0.6) is 0 Å². The first-order valence-electron chi connectivity index (χ1n) is 8.42. The van der Waals surface area contributed by atoms with E-state index in [1.54, 1.807) is 19.6 Å². The predicted octanol–water partition coefficient (Wildman–Crippen LogP) is 1.92. The number of hydrogen-bond donors (Lipinski definition) is 1. The van der Waals surface area contributed by atoms with E-state index in [-0.39, 0.29) is 6.10 Å². The number of anilines is 2. The molecule has 1 fully saturated rings. The third kappa shape index (κ3) is 3.97. The van der Waals surface area contributed by atoms with E-state index >= 15 is 0 Å². The van der Waals surface area contributed by atoms with Gasteiger partial charge < -0.3 is 15.0 Å². The van der Waals surface area contributed by atoms with Gasteiger partial charge >= 0.3 is 0 Å². The van der Waals surface area contributed by atoms with Gasteiger partial charge in [0.15, 0.2) is 0 Å². The molecule has 2 atom stereocenters. The Morgan fingerprint density at radius 2 is 2.21 bits per heavy atom. The highest BCUT2D eigenvalue weighted by Crippen LogP contribution is 2.25. The number of methoxy groups -OCH3 is 1. The highest BCUT2D eigenvalue weighted by molar-refractivity contribution is 5.42. The highest BCUT2D eigenvalue weighted by atomic mass is 16.5. The summed E-state index contributed by atoms with van der Waals surface area (Å²) < 4.78 is 5.55. The maximum absolute atomic E-state index is 5.55. The molecule has 0 aromatic carbocycles. The molecule has 0 spiro atoms. The van der Waals surface area contributed by atoms with Crippen LogP contribution in [-0.4, -0.2) is 52.5 Å². The number of nitrogens with one attached hydrogen (secondary N) is 1. The van der Waals surface area contributed by atoms with Crippen molar-refractivity contribution < 1.29 is 4.74 Å². The van der Waals surface area contributed by atoms with Crippen LogP contribution in [0.2, 0.25) is 0 Å². The minimum Gasteiger partial charge on any atom is -0.380 e. The van der Waals surface area contributed by atoms with Crippen LogP contribution in [0.25, 0.3) is 0 Å². The van der Waals surface area contributed by atoms with E-state index in [2.05, 4.69) is 37.3 Å². The van der Waals surface area contributed by atoms with Crippen LogP contribution in [-0.2, 0) is 11.2 Å². The zero-order chi connectivity index (χ0) is 16.8. The molecule has 2 aromatic rings. The largest absolute Gasteiger partial charge is 0.380 e. The molecule has 0 saturated carbocycles. The van der Waals surface area contributed by atoms with Gasteiger partial charge in [-0.15, -0.1) is 5.10 Å². The lowest BCUT2D eigenvalue weighted by Crippen LogP contribution is -2.35. The molecule has 128 valence electrons. The Balaban J connectivity index is 1.63. The fourth-order valence-corrected chi connectivity index (χ4v) is 3.04. The molecule has 1 saturated heterocycles. The van der Waals surface area contributed by atoms with Crippen molar-refractivity contribution in [2.24, 2.45) is 0 Å². The second-order valence-electron chi connectivity index (χ2n) is 6.01. The molecule has 2 aromatic heterocycles. The minimum atomic E-state index is 0.213. The molecule has 0 bridgehead atoms. The molecule has 0 unspecified atom stereocenters. The zero-order valence-corrected chi connectivity index (χ0v) is 14.2. The van der Waals surface area contributed by atoms with Gasteiger partial charge in [-0.1, -0.05) is 13.3 Å². The van der Waals surface area contributed by atoms with E-state index in [4.69, 9.17) is 4.74 Å². The van der Waals surface area contributed by atoms with E-state index in [1.807, 2.05) is 18.2 Å². The summed E-state index contributed by atoms with van der Waals surface area (Å²) >= 11 is 0. The monoisotopic (exact) mass is 328 g/mol. The Hall–Kier alpha value is -2.28. The van der Waals surface area contributed by atoms with Crippen LogP contribution in [0.1, 0.15) is 25.5 Å². The van der Waals surface area contributed by atoms with Crippen LogP contribution in [0.15, 0.2) is 30.7 Å². The summed E-state index contributed by atoms with van der Waals surface area (Å²) in [6.45, 7) is 3.74. The van der Waals surface area contributed by atoms with Gasteiger partial charge in [-0.05, 0) is 31.0 Å². The molecule has 7 heteroatoms. The van der Waals surface area contributed by atoms with Crippen LogP contribution < -0.4 is 10.2 Å².